The van der Waals surface area contributed by atoms with Crippen LogP contribution in [-0.4, -0.2) is 93.8 Å². The predicted molar refractivity (Wildman–Crippen MR) is 180 cm³/mol. The van der Waals surface area contributed by atoms with Crippen LogP contribution >= 0.6 is 0 Å². The van der Waals surface area contributed by atoms with Crippen molar-refractivity contribution in [1.82, 2.24) is 14.4 Å². The average Bonchev–Trinajstić information content (AvgIpc) is 3.40. The molecule has 49 heavy (non-hydrogen) atoms. The van der Waals surface area contributed by atoms with E-state index in [0.717, 1.165) is 30.7 Å². The van der Waals surface area contributed by atoms with E-state index in [1.165, 1.54) is 41.4 Å². The average molecular weight is 725 g/mol. The molecule has 0 spiro atoms. The van der Waals surface area contributed by atoms with Crippen LogP contribution in [0.1, 0.15) is 61.8 Å². The van der Waals surface area contributed by atoms with Crippen LogP contribution in [-0.2, 0) is 24.8 Å². The minimum atomic E-state index is -4.13. The summed E-state index contributed by atoms with van der Waals surface area (Å²) in [6.45, 7) is 8.44. The van der Waals surface area contributed by atoms with Gasteiger partial charge in [0.15, 0.2) is 5.76 Å². The van der Waals surface area contributed by atoms with Gasteiger partial charge in [0.1, 0.15) is 22.2 Å². The van der Waals surface area contributed by atoms with Crippen LogP contribution in [0.2, 0.25) is 0 Å². The van der Waals surface area contributed by atoms with Crippen LogP contribution in [0.25, 0.3) is 0 Å². The van der Waals surface area contributed by atoms with Crippen molar-refractivity contribution in [2.24, 2.45) is 5.92 Å². The molecule has 0 fully saturated rings. The molecule has 2 heterocycles. The summed E-state index contributed by atoms with van der Waals surface area (Å²) in [5.41, 5.74) is 0.379. The molecule has 1 amide bonds. The number of rotatable bonds is 9. The van der Waals surface area contributed by atoms with Gasteiger partial charge in [0.05, 0.1) is 35.3 Å². The Bertz CT molecular complexity index is 1800. The summed E-state index contributed by atoms with van der Waals surface area (Å²) in [6, 6.07) is 8.02. The number of hydrogen-bond donors (Lipinski definition) is 2. The number of nitrogens with one attached hydrogen (secondary N) is 1. The van der Waals surface area contributed by atoms with Crippen molar-refractivity contribution in [1.29, 1.82) is 0 Å². The number of aromatic nitrogens is 1. The standard InChI is InChI=1S/C33H45FN4O9S2/c1-21-18-38(22(2)20-39)33(40)29-17-27(36-48(41,42)28-13-10-26(34)11-14-28)12-15-30(29)46-23(3)9-7-8-16-45-31(21)19-37(6)49(43,44)32-24(4)35-47-25(32)5/h10-15,17,21-23,31,36,39H,7-9,16,18-20H2,1-6H3/t21-,22+,23-,31-/m1/s1. The molecule has 0 radical (unpaired) electrons. The fourth-order valence-corrected chi connectivity index (χ4v) is 8.14. The Morgan fingerprint density at radius 3 is 2.43 bits per heavy atom. The van der Waals surface area contributed by atoms with Gasteiger partial charge in [-0.1, -0.05) is 12.1 Å². The van der Waals surface area contributed by atoms with Gasteiger partial charge in [-0.2, -0.15) is 4.31 Å². The molecular formula is C33H45FN4O9S2. The quantitative estimate of drug-likeness (QED) is 0.324. The number of amides is 1. The zero-order chi connectivity index (χ0) is 36.1. The second-order valence-corrected chi connectivity index (χ2v) is 16.2. The number of anilines is 1. The van der Waals surface area contributed by atoms with Crippen LogP contribution in [0.5, 0.6) is 5.75 Å². The number of likely N-dealkylation sites (N-methyl/N-ethyl adjacent to an activating group) is 1. The molecule has 270 valence electrons. The number of hydrogen-bond acceptors (Lipinski definition) is 10. The smallest absolute Gasteiger partial charge is 0.261 e. The molecule has 16 heteroatoms. The molecule has 3 aromatic rings. The summed E-state index contributed by atoms with van der Waals surface area (Å²) in [4.78, 5) is 15.6. The monoisotopic (exact) mass is 724 g/mol. The van der Waals surface area contributed by atoms with Crippen molar-refractivity contribution in [3.8, 4) is 5.75 Å². The molecule has 0 saturated carbocycles. The largest absolute Gasteiger partial charge is 0.490 e. The first kappa shape index (κ1) is 38.2. The lowest BCUT2D eigenvalue weighted by Crippen LogP contribution is -2.48. The number of benzene rings is 2. The first-order chi connectivity index (χ1) is 23.0. The summed E-state index contributed by atoms with van der Waals surface area (Å²) in [5, 5.41) is 14.0. The molecule has 4 atom stereocenters. The van der Waals surface area contributed by atoms with Crippen LogP contribution in [0.3, 0.4) is 0 Å². The topological polar surface area (TPSA) is 169 Å². The molecule has 0 bridgehead atoms. The van der Waals surface area contributed by atoms with E-state index in [2.05, 4.69) is 9.88 Å². The molecule has 2 N–H and O–H groups in total. The lowest BCUT2D eigenvalue weighted by atomic mass is 10.0. The molecular weight excluding hydrogens is 680 g/mol. The summed E-state index contributed by atoms with van der Waals surface area (Å²) in [7, 11) is -6.67. The molecule has 4 rings (SSSR count). The third kappa shape index (κ3) is 9.16. The van der Waals surface area contributed by atoms with Gasteiger partial charge >= 0.3 is 0 Å². The molecule has 1 aliphatic heterocycles. The van der Waals surface area contributed by atoms with Crippen LogP contribution < -0.4 is 9.46 Å². The highest BCUT2D eigenvalue weighted by atomic mass is 32.2. The van der Waals surface area contributed by atoms with E-state index in [4.69, 9.17) is 14.0 Å². The van der Waals surface area contributed by atoms with E-state index in [1.54, 1.807) is 13.8 Å². The lowest BCUT2D eigenvalue weighted by molar-refractivity contribution is -0.00835. The summed E-state index contributed by atoms with van der Waals surface area (Å²) < 4.78 is 88.0. The predicted octanol–water partition coefficient (Wildman–Crippen LogP) is 4.35. The van der Waals surface area contributed by atoms with Crippen LogP contribution in [0.15, 0.2) is 56.8 Å². The number of aryl methyl sites for hydroxylation is 2. The highest BCUT2D eigenvalue weighted by Crippen LogP contribution is 2.30. The fourth-order valence-electron chi connectivity index (χ4n) is 5.63. The summed E-state index contributed by atoms with van der Waals surface area (Å²) >= 11 is 0. The first-order valence-electron chi connectivity index (χ1n) is 16.1. The van der Waals surface area contributed by atoms with E-state index in [9.17, 15) is 31.1 Å². The van der Waals surface area contributed by atoms with E-state index in [-0.39, 0.29) is 64.0 Å². The van der Waals surface area contributed by atoms with Crippen molar-refractivity contribution in [2.45, 2.75) is 81.9 Å². The number of aliphatic hydroxyl groups excluding tert-OH is 1. The van der Waals surface area contributed by atoms with Gasteiger partial charge in [-0.3, -0.25) is 9.52 Å². The second kappa shape index (κ2) is 16.0. The zero-order valence-corrected chi connectivity index (χ0v) is 30.2. The van der Waals surface area contributed by atoms with Crippen molar-refractivity contribution < 1.29 is 45.1 Å². The first-order valence-corrected chi connectivity index (χ1v) is 19.0. The van der Waals surface area contributed by atoms with Gasteiger partial charge in [0.25, 0.3) is 15.9 Å². The highest BCUT2D eigenvalue weighted by molar-refractivity contribution is 7.92. The zero-order valence-electron chi connectivity index (χ0n) is 28.5. The van der Waals surface area contributed by atoms with Crippen molar-refractivity contribution in [3.63, 3.8) is 0 Å². The Labute approximate surface area is 287 Å². The number of carbonyl (C=O) groups is 1. The molecule has 0 unspecified atom stereocenters. The third-order valence-corrected chi connectivity index (χ3v) is 12.0. The van der Waals surface area contributed by atoms with Crippen LogP contribution in [0, 0.1) is 25.6 Å². The Hall–Kier alpha value is -3.57. The van der Waals surface area contributed by atoms with Crippen LogP contribution in [0.4, 0.5) is 10.1 Å². The fraction of sp³-hybridized carbons (Fsp3) is 0.515. The number of fused-ring (bicyclic) bond motifs is 1. The summed E-state index contributed by atoms with van der Waals surface area (Å²) in [5.74, 6) is -1.14. The van der Waals surface area contributed by atoms with E-state index in [1.807, 2.05) is 13.8 Å². The number of carbonyl (C=O) groups excluding carboxylic acids is 1. The number of nitrogens with zero attached hydrogens (tertiary/aromatic N) is 3. The summed E-state index contributed by atoms with van der Waals surface area (Å²) in [6.07, 6.45) is 1.05. The van der Waals surface area contributed by atoms with Gasteiger partial charge in [-0.25, -0.2) is 21.2 Å². The highest BCUT2D eigenvalue weighted by Gasteiger charge is 2.34. The van der Waals surface area contributed by atoms with Gasteiger partial charge in [-0.05, 0) is 89.4 Å². The van der Waals surface area contributed by atoms with Gasteiger partial charge in [-0.15, -0.1) is 0 Å². The van der Waals surface area contributed by atoms with E-state index in [0.29, 0.717) is 19.4 Å². The van der Waals surface area contributed by atoms with E-state index >= 15 is 0 Å². The third-order valence-electron chi connectivity index (χ3n) is 8.50. The Morgan fingerprint density at radius 2 is 1.80 bits per heavy atom. The van der Waals surface area contributed by atoms with Crippen molar-refractivity contribution >= 4 is 31.6 Å². The Balaban J connectivity index is 1.69. The van der Waals surface area contributed by atoms with Gasteiger partial charge < -0.3 is 24.0 Å². The Kier molecular flexibility index (Phi) is 12.5. The normalized spacial score (nSPS) is 20.7. The molecule has 13 nitrogen and oxygen atoms in total. The van der Waals surface area contributed by atoms with Gasteiger partial charge in [0.2, 0.25) is 10.0 Å². The minimum Gasteiger partial charge on any atom is -0.490 e. The number of sulfonamides is 2. The second-order valence-electron chi connectivity index (χ2n) is 12.5. The molecule has 1 aromatic heterocycles. The minimum absolute atomic E-state index is 0.00861. The van der Waals surface area contributed by atoms with Gasteiger partial charge in [0, 0.05) is 38.3 Å². The van der Waals surface area contributed by atoms with Crippen molar-refractivity contribution in [3.05, 3.63) is 65.3 Å². The number of halogens is 1. The number of ether oxygens (including phenoxy) is 2. The maximum atomic E-state index is 14.4. The molecule has 1 aliphatic rings. The van der Waals surface area contributed by atoms with E-state index < -0.39 is 49.8 Å². The Morgan fingerprint density at radius 1 is 1.10 bits per heavy atom. The lowest BCUT2D eigenvalue weighted by Gasteiger charge is -2.35. The van der Waals surface area contributed by atoms with Crippen molar-refractivity contribution in [2.75, 3.05) is 38.1 Å². The molecule has 0 saturated heterocycles. The maximum absolute atomic E-state index is 14.4. The maximum Gasteiger partial charge on any atom is 0.261 e. The SMILES string of the molecule is Cc1noc(C)c1S(=O)(=O)N(C)C[C@H]1OCCCC[C@@H](C)Oc2ccc(NS(=O)(=O)c3ccc(F)cc3)cc2C(=O)N([C@@H](C)CO)C[C@H]1C. The number of aliphatic hydroxyl groups is 1. The molecule has 0 aliphatic carbocycles. The molecule has 2 aromatic carbocycles.